The van der Waals surface area contributed by atoms with E-state index in [4.69, 9.17) is 4.74 Å². The number of methoxy groups -OCH3 is 1. The van der Waals surface area contributed by atoms with E-state index in [1.165, 1.54) is 13.3 Å². The number of nitrogens with zero attached hydrogens (tertiary/aromatic N) is 1. The van der Waals surface area contributed by atoms with Crippen LogP contribution in [-0.4, -0.2) is 17.2 Å². The predicted molar refractivity (Wildman–Crippen MR) is 57.9 cm³/mol. The number of hydrogen-bond acceptors (Lipinski definition) is 3. The molecule has 2 aromatic rings. The van der Waals surface area contributed by atoms with Crippen LogP contribution in [0.2, 0.25) is 0 Å². The van der Waals surface area contributed by atoms with E-state index in [2.05, 4.69) is 4.98 Å². The van der Waals surface area contributed by atoms with Crippen LogP contribution in [0.5, 0.6) is 11.5 Å². The molecule has 1 heterocycles. The highest BCUT2D eigenvalue weighted by atomic mass is 16.5. The van der Waals surface area contributed by atoms with Crippen LogP contribution in [-0.2, 0) is 0 Å². The number of benzene rings is 1. The van der Waals surface area contributed by atoms with E-state index >= 15 is 0 Å². The number of ether oxygens (including phenoxy) is 1. The fourth-order valence-electron chi connectivity index (χ4n) is 1.36. The van der Waals surface area contributed by atoms with Crippen molar-refractivity contribution >= 4 is 0 Å². The average molecular weight is 201 g/mol. The molecule has 0 aliphatic carbocycles. The number of aromatic hydroxyl groups is 1. The van der Waals surface area contributed by atoms with Crippen LogP contribution in [0.4, 0.5) is 0 Å². The highest BCUT2D eigenvalue weighted by Gasteiger charge is 2.04. The van der Waals surface area contributed by atoms with E-state index in [0.29, 0.717) is 5.75 Å². The van der Waals surface area contributed by atoms with Crippen molar-refractivity contribution in [1.29, 1.82) is 0 Å². The van der Waals surface area contributed by atoms with E-state index in [1.54, 1.807) is 6.07 Å². The lowest BCUT2D eigenvalue weighted by Crippen LogP contribution is -1.87. The zero-order valence-electron chi connectivity index (χ0n) is 8.34. The Morgan fingerprint density at radius 2 is 1.93 bits per heavy atom. The smallest absolute Gasteiger partial charge is 0.178 e. The molecule has 76 valence electrons. The molecule has 15 heavy (non-hydrogen) atoms. The first-order chi connectivity index (χ1) is 7.31. The van der Waals surface area contributed by atoms with Gasteiger partial charge in [0.05, 0.1) is 19.0 Å². The molecule has 3 heteroatoms. The topological polar surface area (TPSA) is 42.4 Å². The highest BCUT2D eigenvalue weighted by Crippen LogP contribution is 2.28. The van der Waals surface area contributed by atoms with Gasteiger partial charge in [-0.3, -0.25) is 4.98 Å². The van der Waals surface area contributed by atoms with Gasteiger partial charge in [0.15, 0.2) is 11.5 Å². The lowest BCUT2D eigenvalue weighted by Gasteiger charge is -2.05. The molecular weight excluding hydrogens is 190 g/mol. The molecule has 1 aromatic carbocycles. The molecule has 0 spiro atoms. The average Bonchev–Trinajstić information content (AvgIpc) is 2.30. The third-order valence-corrected chi connectivity index (χ3v) is 2.14. The Bertz CT molecular complexity index is 454. The molecule has 0 radical (unpaired) electrons. The third kappa shape index (κ3) is 1.91. The zero-order chi connectivity index (χ0) is 10.7. The first kappa shape index (κ1) is 9.52. The van der Waals surface area contributed by atoms with E-state index in [-0.39, 0.29) is 5.75 Å². The predicted octanol–water partition coefficient (Wildman–Crippen LogP) is 2.46. The normalized spacial score (nSPS) is 9.93. The van der Waals surface area contributed by atoms with Gasteiger partial charge < -0.3 is 9.84 Å². The molecule has 2 rings (SSSR count). The Kier molecular flexibility index (Phi) is 2.54. The quantitative estimate of drug-likeness (QED) is 0.811. The van der Waals surface area contributed by atoms with Crippen LogP contribution in [0.25, 0.3) is 11.3 Å². The van der Waals surface area contributed by atoms with Crippen molar-refractivity contribution < 1.29 is 9.84 Å². The lowest BCUT2D eigenvalue weighted by molar-refractivity contribution is 0.372. The van der Waals surface area contributed by atoms with Gasteiger partial charge in [0.25, 0.3) is 0 Å². The molecule has 1 aromatic heterocycles. The minimum atomic E-state index is 0.103. The monoisotopic (exact) mass is 201 g/mol. The maximum atomic E-state index is 9.59. The minimum absolute atomic E-state index is 0.103. The van der Waals surface area contributed by atoms with Gasteiger partial charge in [-0.2, -0.15) is 0 Å². The first-order valence-corrected chi connectivity index (χ1v) is 4.59. The molecule has 0 aliphatic rings. The summed E-state index contributed by atoms with van der Waals surface area (Å²) >= 11 is 0. The molecule has 0 aliphatic heterocycles. The second kappa shape index (κ2) is 4.00. The highest BCUT2D eigenvalue weighted by molar-refractivity contribution is 5.61. The summed E-state index contributed by atoms with van der Waals surface area (Å²) in [7, 11) is 1.50. The summed E-state index contributed by atoms with van der Waals surface area (Å²) in [6.45, 7) is 0. The van der Waals surface area contributed by atoms with Crippen molar-refractivity contribution in [3.8, 4) is 22.8 Å². The van der Waals surface area contributed by atoms with E-state index < -0.39 is 0 Å². The van der Waals surface area contributed by atoms with Crippen molar-refractivity contribution in [3.63, 3.8) is 0 Å². The van der Waals surface area contributed by atoms with Crippen molar-refractivity contribution in [2.45, 2.75) is 0 Å². The molecule has 0 atom stereocenters. The van der Waals surface area contributed by atoms with Gasteiger partial charge in [0.2, 0.25) is 0 Å². The summed E-state index contributed by atoms with van der Waals surface area (Å²) < 4.78 is 4.92. The van der Waals surface area contributed by atoms with Crippen LogP contribution in [0, 0.1) is 0 Å². The Labute approximate surface area is 88.0 Å². The molecule has 0 unspecified atom stereocenters. The van der Waals surface area contributed by atoms with E-state index in [9.17, 15) is 5.11 Å². The molecular formula is C12H11NO2. The molecule has 0 saturated heterocycles. The van der Waals surface area contributed by atoms with Gasteiger partial charge in [0, 0.05) is 11.6 Å². The maximum Gasteiger partial charge on any atom is 0.178 e. The fraction of sp³-hybridized carbons (Fsp3) is 0.0833. The van der Waals surface area contributed by atoms with Gasteiger partial charge >= 0.3 is 0 Å². The first-order valence-electron chi connectivity index (χ1n) is 4.59. The summed E-state index contributed by atoms with van der Waals surface area (Å²) in [5.41, 5.74) is 1.70. The van der Waals surface area contributed by atoms with E-state index in [1.807, 2.05) is 30.3 Å². The lowest BCUT2D eigenvalue weighted by atomic mass is 10.1. The molecule has 1 N–H and O–H groups in total. The van der Waals surface area contributed by atoms with Gasteiger partial charge in [0.1, 0.15) is 0 Å². The third-order valence-electron chi connectivity index (χ3n) is 2.14. The van der Waals surface area contributed by atoms with Crippen LogP contribution in [0.15, 0.2) is 42.6 Å². The van der Waals surface area contributed by atoms with Gasteiger partial charge in [-0.25, -0.2) is 0 Å². The Balaban J connectivity index is 2.43. The Morgan fingerprint density at radius 3 is 2.53 bits per heavy atom. The van der Waals surface area contributed by atoms with E-state index in [0.717, 1.165) is 11.3 Å². The second-order valence-electron chi connectivity index (χ2n) is 3.11. The minimum Gasteiger partial charge on any atom is -0.504 e. The largest absolute Gasteiger partial charge is 0.504 e. The van der Waals surface area contributed by atoms with Crippen molar-refractivity contribution in [2.24, 2.45) is 0 Å². The van der Waals surface area contributed by atoms with Crippen LogP contribution in [0.3, 0.4) is 0 Å². The summed E-state index contributed by atoms with van der Waals surface area (Å²) in [5.74, 6) is 0.487. The molecule has 0 saturated carbocycles. The van der Waals surface area contributed by atoms with Gasteiger partial charge in [-0.1, -0.05) is 30.3 Å². The molecule has 0 fully saturated rings. The van der Waals surface area contributed by atoms with Gasteiger partial charge in [-0.15, -0.1) is 0 Å². The Hall–Kier alpha value is -2.03. The van der Waals surface area contributed by atoms with Crippen LogP contribution >= 0.6 is 0 Å². The second-order valence-corrected chi connectivity index (χ2v) is 3.11. The zero-order valence-corrected chi connectivity index (χ0v) is 8.34. The van der Waals surface area contributed by atoms with Crippen LogP contribution < -0.4 is 4.74 Å². The maximum absolute atomic E-state index is 9.59. The summed E-state index contributed by atoms with van der Waals surface area (Å²) in [5, 5.41) is 9.59. The molecule has 0 bridgehead atoms. The summed E-state index contributed by atoms with van der Waals surface area (Å²) in [6.07, 6.45) is 1.51. The van der Waals surface area contributed by atoms with Crippen molar-refractivity contribution in [3.05, 3.63) is 42.6 Å². The Morgan fingerprint density at radius 1 is 1.20 bits per heavy atom. The SMILES string of the molecule is COc1cnc(-c2ccccc2)cc1O. The summed E-state index contributed by atoms with van der Waals surface area (Å²) in [6, 6.07) is 11.3. The number of rotatable bonds is 2. The van der Waals surface area contributed by atoms with Gasteiger partial charge in [-0.05, 0) is 0 Å². The number of aromatic nitrogens is 1. The molecule has 3 nitrogen and oxygen atoms in total. The standard InChI is InChI=1S/C12H11NO2/c1-15-12-8-13-10(7-11(12)14)9-5-3-2-4-6-9/h2-8H,1H3,(H,13,14). The van der Waals surface area contributed by atoms with Crippen molar-refractivity contribution in [2.75, 3.05) is 7.11 Å². The van der Waals surface area contributed by atoms with Crippen LogP contribution in [0.1, 0.15) is 0 Å². The number of hydrogen-bond donors (Lipinski definition) is 1. The number of pyridine rings is 1. The fourth-order valence-corrected chi connectivity index (χ4v) is 1.36. The van der Waals surface area contributed by atoms with Crippen molar-refractivity contribution in [1.82, 2.24) is 4.98 Å². The summed E-state index contributed by atoms with van der Waals surface area (Å²) in [4.78, 5) is 4.20. The molecule has 0 amide bonds.